The largest absolute Gasteiger partial charge is 0.481 e. The number of carbonyl (C=O) groups is 1. The monoisotopic (exact) mass is 194 g/mol. The van der Waals surface area contributed by atoms with Gasteiger partial charge in [0.25, 0.3) is 5.97 Å². The highest BCUT2D eigenvalue weighted by atomic mass is 32.1. The minimum atomic E-state index is -0.833. The highest BCUT2D eigenvalue weighted by Gasteiger charge is 1.97. The SMILES string of the molecule is CC(=O)O.CCCC(S)CCO. The van der Waals surface area contributed by atoms with Gasteiger partial charge < -0.3 is 10.2 Å². The summed E-state index contributed by atoms with van der Waals surface area (Å²) in [5, 5.41) is 16.2. The second-order valence-corrected chi connectivity index (χ2v) is 3.20. The highest BCUT2D eigenvalue weighted by molar-refractivity contribution is 7.80. The van der Waals surface area contributed by atoms with Gasteiger partial charge in [-0.15, -0.1) is 0 Å². The van der Waals surface area contributed by atoms with Crippen LogP contribution < -0.4 is 0 Å². The number of aliphatic hydroxyl groups is 1. The smallest absolute Gasteiger partial charge is 0.300 e. The molecule has 1 atom stereocenters. The van der Waals surface area contributed by atoms with E-state index in [2.05, 4.69) is 19.6 Å². The molecule has 0 aliphatic carbocycles. The predicted molar refractivity (Wildman–Crippen MR) is 52.7 cm³/mol. The third-order valence-corrected chi connectivity index (χ3v) is 1.60. The number of hydrogen-bond donors (Lipinski definition) is 3. The van der Waals surface area contributed by atoms with E-state index < -0.39 is 5.97 Å². The molecule has 0 aromatic heterocycles. The van der Waals surface area contributed by atoms with Crippen LogP contribution in [0.25, 0.3) is 0 Å². The van der Waals surface area contributed by atoms with Gasteiger partial charge in [-0.3, -0.25) is 4.79 Å². The Morgan fingerprint density at radius 2 is 1.92 bits per heavy atom. The fourth-order valence-electron chi connectivity index (χ4n) is 0.627. The molecule has 0 fully saturated rings. The molecule has 3 nitrogen and oxygen atoms in total. The molecular formula is C8H18O3S. The third-order valence-electron chi connectivity index (χ3n) is 1.08. The summed E-state index contributed by atoms with van der Waals surface area (Å²) in [7, 11) is 0. The van der Waals surface area contributed by atoms with Gasteiger partial charge in [-0.05, 0) is 12.8 Å². The summed E-state index contributed by atoms with van der Waals surface area (Å²) in [6, 6.07) is 0. The molecule has 0 saturated carbocycles. The Morgan fingerprint density at radius 3 is 2.17 bits per heavy atom. The molecule has 0 aliphatic heterocycles. The molecule has 0 radical (unpaired) electrons. The fourth-order valence-corrected chi connectivity index (χ4v) is 1.00. The van der Waals surface area contributed by atoms with E-state index in [1.165, 1.54) is 0 Å². The molecule has 0 aromatic carbocycles. The van der Waals surface area contributed by atoms with E-state index in [1.54, 1.807) is 0 Å². The summed E-state index contributed by atoms with van der Waals surface area (Å²) in [5.41, 5.74) is 0. The van der Waals surface area contributed by atoms with Crippen molar-refractivity contribution in [2.75, 3.05) is 6.61 Å². The molecule has 0 saturated heterocycles. The second kappa shape index (κ2) is 10.8. The van der Waals surface area contributed by atoms with Gasteiger partial charge in [-0.2, -0.15) is 12.6 Å². The zero-order valence-electron chi connectivity index (χ0n) is 7.66. The van der Waals surface area contributed by atoms with Crippen molar-refractivity contribution in [2.45, 2.75) is 38.4 Å². The first-order chi connectivity index (χ1) is 5.54. The van der Waals surface area contributed by atoms with Gasteiger partial charge in [0.15, 0.2) is 0 Å². The lowest BCUT2D eigenvalue weighted by Crippen LogP contribution is -1.99. The first-order valence-electron chi connectivity index (χ1n) is 4.03. The summed E-state index contributed by atoms with van der Waals surface area (Å²) < 4.78 is 0. The molecule has 12 heavy (non-hydrogen) atoms. The normalized spacial score (nSPS) is 11.3. The van der Waals surface area contributed by atoms with Crippen LogP contribution in [0.2, 0.25) is 0 Å². The van der Waals surface area contributed by atoms with Crippen LogP contribution in [-0.2, 0) is 4.79 Å². The van der Waals surface area contributed by atoms with Crippen molar-refractivity contribution in [1.82, 2.24) is 0 Å². The Bertz CT molecular complexity index is 96.5. The summed E-state index contributed by atoms with van der Waals surface area (Å²) >= 11 is 4.23. The molecule has 0 amide bonds. The number of aliphatic hydroxyl groups excluding tert-OH is 1. The van der Waals surface area contributed by atoms with Gasteiger partial charge in [-0.25, -0.2) is 0 Å². The Morgan fingerprint density at radius 1 is 1.50 bits per heavy atom. The number of hydrogen-bond acceptors (Lipinski definition) is 3. The molecular weight excluding hydrogens is 176 g/mol. The predicted octanol–water partition coefficient (Wildman–Crippen LogP) is 1.56. The summed E-state index contributed by atoms with van der Waals surface area (Å²) in [4.78, 5) is 9.00. The van der Waals surface area contributed by atoms with Crippen LogP contribution in [0.15, 0.2) is 0 Å². The lowest BCUT2D eigenvalue weighted by Gasteiger charge is -2.04. The van der Waals surface area contributed by atoms with Crippen molar-refractivity contribution in [3.63, 3.8) is 0 Å². The maximum Gasteiger partial charge on any atom is 0.300 e. The number of aliphatic carboxylic acids is 1. The molecule has 0 spiro atoms. The lowest BCUT2D eigenvalue weighted by molar-refractivity contribution is -0.134. The van der Waals surface area contributed by atoms with Gasteiger partial charge in [-0.1, -0.05) is 13.3 Å². The van der Waals surface area contributed by atoms with E-state index in [-0.39, 0.29) is 6.61 Å². The van der Waals surface area contributed by atoms with Gasteiger partial charge in [0.05, 0.1) is 0 Å². The molecule has 0 rings (SSSR count). The Labute approximate surface area is 79.2 Å². The maximum absolute atomic E-state index is 9.00. The van der Waals surface area contributed by atoms with Crippen molar-refractivity contribution in [3.05, 3.63) is 0 Å². The molecule has 0 aliphatic rings. The summed E-state index contributed by atoms with van der Waals surface area (Å²) in [6.07, 6.45) is 3.11. The van der Waals surface area contributed by atoms with E-state index in [1.807, 2.05) is 0 Å². The van der Waals surface area contributed by atoms with Gasteiger partial charge in [0.2, 0.25) is 0 Å². The Hall–Kier alpha value is -0.220. The van der Waals surface area contributed by atoms with E-state index in [0.717, 1.165) is 26.2 Å². The van der Waals surface area contributed by atoms with E-state index >= 15 is 0 Å². The quantitative estimate of drug-likeness (QED) is 0.595. The maximum atomic E-state index is 9.00. The average Bonchev–Trinajstić information content (AvgIpc) is 1.87. The lowest BCUT2D eigenvalue weighted by atomic mass is 10.2. The third kappa shape index (κ3) is 22.6. The second-order valence-electron chi connectivity index (χ2n) is 2.47. The number of carboxylic acid groups (broad SMARTS) is 1. The standard InChI is InChI=1S/C6H14OS.C2H4O2/c1-2-3-6(8)4-5-7;1-2(3)4/h6-8H,2-5H2,1H3;1H3,(H,3,4). The minimum Gasteiger partial charge on any atom is -0.481 e. The van der Waals surface area contributed by atoms with Crippen molar-refractivity contribution >= 4 is 18.6 Å². The van der Waals surface area contributed by atoms with Crippen LogP contribution in [0, 0.1) is 0 Å². The zero-order chi connectivity index (χ0) is 9.98. The molecule has 74 valence electrons. The minimum absolute atomic E-state index is 0.272. The first kappa shape index (κ1) is 14.3. The van der Waals surface area contributed by atoms with Crippen LogP contribution in [0.1, 0.15) is 33.1 Å². The van der Waals surface area contributed by atoms with Gasteiger partial charge in [0, 0.05) is 18.8 Å². The number of thiol groups is 1. The Balaban J connectivity index is 0. The average molecular weight is 194 g/mol. The highest BCUT2D eigenvalue weighted by Crippen LogP contribution is 2.07. The zero-order valence-corrected chi connectivity index (χ0v) is 8.55. The van der Waals surface area contributed by atoms with Crippen LogP contribution in [0.3, 0.4) is 0 Å². The van der Waals surface area contributed by atoms with Crippen molar-refractivity contribution in [2.24, 2.45) is 0 Å². The molecule has 0 bridgehead atoms. The van der Waals surface area contributed by atoms with E-state index in [0.29, 0.717) is 5.25 Å². The van der Waals surface area contributed by atoms with Gasteiger partial charge >= 0.3 is 0 Å². The summed E-state index contributed by atoms with van der Waals surface area (Å²) in [5.74, 6) is -0.833. The van der Waals surface area contributed by atoms with Crippen molar-refractivity contribution in [1.29, 1.82) is 0 Å². The van der Waals surface area contributed by atoms with E-state index in [9.17, 15) is 0 Å². The topological polar surface area (TPSA) is 57.5 Å². The molecule has 0 heterocycles. The van der Waals surface area contributed by atoms with Crippen molar-refractivity contribution in [3.8, 4) is 0 Å². The Kier molecular flexibility index (Phi) is 12.9. The van der Waals surface area contributed by atoms with E-state index in [4.69, 9.17) is 15.0 Å². The fraction of sp³-hybridized carbons (Fsp3) is 0.875. The molecule has 0 aromatic rings. The molecule has 1 unspecified atom stereocenters. The number of carboxylic acids is 1. The first-order valence-corrected chi connectivity index (χ1v) is 4.54. The van der Waals surface area contributed by atoms with Crippen LogP contribution >= 0.6 is 12.6 Å². The van der Waals surface area contributed by atoms with Crippen LogP contribution in [0.5, 0.6) is 0 Å². The molecule has 4 heteroatoms. The molecule has 2 N–H and O–H groups in total. The van der Waals surface area contributed by atoms with Gasteiger partial charge in [0.1, 0.15) is 0 Å². The van der Waals surface area contributed by atoms with Crippen molar-refractivity contribution < 1.29 is 15.0 Å². The van der Waals surface area contributed by atoms with Crippen LogP contribution in [-0.4, -0.2) is 28.0 Å². The number of rotatable bonds is 4. The summed E-state index contributed by atoms with van der Waals surface area (Å²) in [6.45, 7) is 3.48. The van der Waals surface area contributed by atoms with Crippen LogP contribution in [0.4, 0.5) is 0 Å².